The minimum atomic E-state index is -0.272. The average molecular weight is 429 g/mol. The van der Waals surface area contributed by atoms with E-state index in [2.05, 4.69) is 10.3 Å². The number of fused-ring (bicyclic) bond motifs is 1. The first-order chi connectivity index (χ1) is 15.2. The molecule has 0 amide bonds. The Hall–Kier alpha value is -3.70. The Kier molecular flexibility index (Phi) is 5.10. The summed E-state index contributed by atoms with van der Waals surface area (Å²) in [5.41, 5.74) is 5.68. The number of anilines is 1. The molecule has 3 aromatic heterocycles. The maximum absolute atomic E-state index is 13.5. The molecule has 5 rings (SSSR count). The highest BCUT2D eigenvalue weighted by atomic mass is 35.5. The molecule has 0 aliphatic rings. The van der Waals surface area contributed by atoms with Crippen molar-refractivity contribution in [1.82, 2.24) is 14.6 Å². The SMILES string of the molecule is Fc1ccc(-c2nn3ccccc3c2-c2ccnc(NCc3ccc(Cl)cc3)c2)cc1. The number of benzene rings is 2. The molecule has 152 valence electrons. The van der Waals surface area contributed by atoms with Gasteiger partial charge in [0.25, 0.3) is 0 Å². The number of rotatable bonds is 5. The minimum Gasteiger partial charge on any atom is -0.366 e. The molecular formula is C25H18ClFN4. The molecule has 0 radical (unpaired) electrons. The molecule has 0 saturated carbocycles. The number of pyridine rings is 2. The highest BCUT2D eigenvalue weighted by Gasteiger charge is 2.17. The van der Waals surface area contributed by atoms with Crippen LogP contribution in [0, 0.1) is 5.82 Å². The zero-order valence-electron chi connectivity index (χ0n) is 16.5. The van der Waals surface area contributed by atoms with E-state index in [0.717, 1.165) is 39.3 Å². The number of nitrogens with one attached hydrogen (secondary N) is 1. The first-order valence-electron chi connectivity index (χ1n) is 9.85. The standard InChI is InChI=1S/C25H18ClFN4/c26-20-8-4-17(5-9-20)16-29-23-15-19(12-13-28-23)24-22-3-1-2-14-31(22)30-25(24)18-6-10-21(27)11-7-18/h1-15H,16H2,(H,28,29). The summed E-state index contributed by atoms with van der Waals surface area (Å²) in [7, 11) is 0. The highest BCUT2D eigenvalue weighted by molar-refractivity contribution is 6.30. The fourth-order valence-corrected chi connectivity index (χ4v) is 3.70. The fraction of sp³-hybridized carbons (Fsp3) is 0.0400. The third kappa shape index (κ3) is 4.00. The minimum absolute atomic E-state index is 0.272. The van der Waals surface area contributed by atoms with Crippen molar-refractivity contribution < 1.29 is 4.39 Å². The number of hydrogen-bond donors (Lipinski definition) is 1. The zero-order chi connectivity index (χ0) is 21.2. The second kappa shape index (κ2) is 8.20. The quantitative estimate of drug-likeness (QED) is 0.349. The number of hydrogen-bond acceptors (Lipinski definition) is 3. The van der Waals surface area contributed by atoms with Crippen LogP contribution >= 0.6 is 11.6 Å². The molecular weight excluding hydrogens is 411 g/mol. The van der Waals surface area contributed by atoms with Crippen LogP contribution in [0.25, 0.3) is 27.9 Å². The molecule has 0 saturated heterocycles. The van der Waals surface area contributed by atoms with E-state index in [-0.39, 0.29) is 5.82 Å². The molecule has 2 aromatic carbocycles. The smallest absolute Gasteiger partial charge is 0.126 e. The first-order valence-corrected chi connectivity index (χ1v) is 10.2. The lowest BCUT2D eigenvalue weighted by molar-refractivity contribution is 0.628. The summed E-state index contributed by atoms with van der Waals surface area (Å²) in [5, 5.41) is 8.84. The van der Waals surface area contributed by atoms with Gasteiger partial charge in [-0.3, -0.25) is 0 Å². The number of halogens is 2. The summed E-state index contributed by atoms with van der Waals surface area (Å²) in [6.45, 7) is 0.632. The van der Waals surface area contributed by atoms with E-state index in [4.69, 9.17) is 16.7 Å². The Labute approximate surface area is 184 Å². The summed E-state index contributed by atoms with van der Waals surface area (Å²) >= 11 is 5.97. The molecule has 5 aromatic rings. The second-order valence-electron chi connectivity index (χ2n) is 7.17. The molecule has 6 heteroatoms. The van der Waals surface area contributed by atoms with E-state index >= 15 is 0 Å². The van der Waals surface area contributed by atoms with Crippen molar-refractivity contribution in [3.63, 3.8) is 0 Å². The fourth-order valence-electron chi connectivity index (χ4n) is 3.57. The summed E-state index contributed by atoms with van der Waals surface area (Å²) in [6.07, 6.45) is 3.69. The predicted octanol–water partition coefficient (Wildman–Crippen LogP) is 6.47. The third-order valence-electron chi connectivity index (χ3n) is 5.09. The molecule has 0 spiro atoms. The molecule has 4 nitrogen and oxygen atoms in total. The predicted molar refractivity (Wildman–Crippen MR) is 123 cm³/mol. The van der Waals surface area contributed by atoms with Crippen molar-refractivity contribution in [2.24, 2.45) is 0 Å². The van der Waals surface area contributed by atoms with Gasteiger partial charge in [-0.25, -0.2) is 13.9 Å². The molecule has 0 aliphatic heterocycles. The Morgan fingerprint density at radius 2 is 1.71 bits per heavy atom. The Balaban J connectivity index is 1.54. The monoisotopic (exact) mass is 428 g/mol. The van der Waals surface area contributed by atoms with Crippen LogP contribution in [0.15, 0.2) is 91.3 Å². The molecule has 31 heavy (non-hydrogen) atoms. The van der Waals surface area contributed by atoms with Crippen molar-refractivity contribution in [3.05, 3.63) is 108 Å². The normalized spacial score (nSPS) is 11.0. The summed E-state index contributed by atoms with van der Waals surface area (Å²) in [6, 6.07) is 24.0. The van der Waals surface area contributed by atoms with E-state index in [9.17, 15) is 4.39 Å². The van der Waals surface area contributed by atoms with Crippen LogP contribution in [0.4, 0.5) is 10.2 Å². The van der Waals surface area contributed by atoms with Gasteiger partial charge in [-0.05, 0) is 71.8 Å². The topological polar surface area (TPSA) is 42.2 Å². The number of nitrogens with zero attached hydrogens (tertiary/aromatic N) is 3. The van der Waals surface area contributed by atoms with Crippen LogP contribution in [0.5, 0.6) is 0 Å². The van der Waals surface area contributed by atoms with Crippen molar-refractivity contribution >= 4 is 22.9 Å². The van der Waals surface area contributed by atoms with Gasteiger partial charge < -0.3 is 5.32 Å². The van der Waals surface area contributed by atoms with E-state index < -0.39 is 0 Å². The van der Waals surface area contributed by atoms with Gasteiger partial charge in [-0.1, -0.05) is 29.8 Å². The van der Waals surface area contributed by atoms with Crippen molar-refractivity contribution in [2.75, 3.05) is 5.32 Å². The van der Waals surface area contributed by atoms with Gasteiger partial charge in [-0.15, -0.1) is 0 Å². The number of aromatic nitrogens is 3. The molecule has 3 heterocycles. The van der Waals surface area contributed by atoms with Crippen LogP contribution in [-0.2, 0) is 6.54 Å². The second-order valence-corrected chi connectivity index (χ2v) is 7.61. The summed E-state index contributed by atoms with van der Waals surface area (Å²) in [5.74, 6) is 0.486. The van der Waals surface area contributed by atoms with Crippen LogP contribution in [0.3, 0.4) is 0 Å². The Morgan fingerprint density at radius 1 is 0.903 bits per heavy atom. The van der Waals surface area contributed by atoms with Gasteiger partial charge in [0.1, 0.15) is 17.3 Å². The Bertz CT molecular complexity index is 1340. The van der Waals surface area contributed by atoms with E-state index in [1.165, 1.54) is 12.1 Å². The third-order valence-corrected chi connectivity index (χ3v) is 5.35. The molecule has 0 aliphatic carbocycles. The average Bonchev–Trinajstić information content (AvgIpc) is 3.19. The van der Waals surface area contributed by atoms with Gasteiger partial charge in [-0.2, -0.15) is 5.10 Å². The van der Waals surface area contributed by atoms with Crippen LogP contribution < -0.4 is 5.32 Å². The van der Waals surface area contributed by atoms with Gasteiger partial charge in [0.05, 0.1) is 5.52 Å². The molecule has 0 unspecified atom stereocenters. The van der Waals surface area contributed by atoms with Crippen molar-refractivity contribution in [1.29, 1.82) is 0 Å². The zero-order valence-corrected chi connectivity index (χ0v) is 17.2. The largest absolute Gasteiger partial charge is 0.366 e. The first kappa shape index (κ1) is 19.3. The maximum atomic E-state index is 13.5. The van der Waals surface area contributed by atoms with E-state index in [0.29, 0.717) is 11.6 Å². The van der Waals surface area contributed by atoms with Gasteiger partial charge in [0, 0.05) is 35.1 Å². The maximum Gasteiger partial charge on any atom is 0.126 e. The van der Waals surface area contributed by atoms with E-state index in [1.54, 1.807) is 18.3 Å². The van der Waals surface area contributed by atoms with E-state index in [1.807, 2.05) is 65.3 Å². The molecule has 0 atom stereocenters. The summed E-state index contributed by atoms with van der Waals surface area (Å²) < 4.78 is 15.3. The van der Waals surface area contributed by atoms with Gasteiger partial charge >= 0.3 is 0 Å². The lowest BCUT2D eigenvalue weighted by Gasteiger charge is -2.09. The van der Waals surface area contributed by atoms with Crippen LogP contribution in [0.2, 0.25) is 5.02 Å². The molecule has 1 N–H and O–H groups in total. The van der Waals surface area contributed by atoms with Crippen LogP contribution in [-0.4, -0.2) is 14.6 Å². The van der Waals surface area contributed by atoms with Crippen molar-refractivity contribution in [2.45, 2.75) is 6.54 Å². The lowest BCUT2D eigenvalue weighted by atomic mass is 10.0. The molecule has 0 bridgehead atoms. The lowest BCUT2D eigenvalue weighted by Crippen LogP contribution is -2.01. The van der Waals surface area contributed by atoms with Crippen LogP contribution in [0.1, 0.15) is 5.56 Å². The Morgan fingerprint density at radius 3 is 2.52 bits per heavy atom. The van der Waals surface area contributed by atoms with Gasteiger partial charge in [0.15, 0.2) is 0 Å². The van der Waals surface area contributed by atoms with Crippen molar-refractivity contribution in [3.8, 4) is 22.4 Å². The highest BCUT2D eigenvalue weighted by Crippen LogP contribution is 2.35. The summed E-state index contributed by atoms with van der Waals surface area (Å²) in [4.78, 5) is 4.46. The van der Waals surface area contributed by atoms with Gasteiger partial charge in [0.2, 0.25) is 0 Å². The molecule has 0 fully saturated rings.